The quantitative estimate of drug-likeness (QED) is 0.786. The molecule has 1 fully saturated rings. The molecular formula is C21H20ClFN2O2. The summed E-state index contributed by atoms with van der Waals surface area (Å²) in [5.41, 5.74) is 1.37. The summed E-state index contributed by atoms with van der Waals surface area (Å²) >= 11 is 5.85. The molecule has 0 bridgehead atoms. The summed E-state index contributed by atoms with van der Waals surface area (Å²) in [5, 5.41) is 3.41. The van der Waals surface area contributed by atoms with Crippen molar-refractivity contribution >= 4 is 35.2 Å². The molecule has 0 spiro atoms. The molecule has 3 rings (SSSR count). The summed E-state index contributed by atoms with van der Waals surface area (Å²) in [6.07, 6.45) is 2.86. The van der Waals surface area contributed by atoms with Crippen LogP contribution >= 0.6 is 11.6 Å². The highest BCUT2D eigenvalue weighted by molar-refractivity contribution is 6.30. The highest BCUT2D eigenvalue weighted by Gasteiger charge is 2.34. The van der Waals surface area contributed by atoms with E-state index >= 15 is 0 Å². The van der Waals surface area contributed by atoms with E-state index in [1.165, 1.54) is 12.1 Å². The van der Waals surface area contributed by atoms with Gasteiger partial charge in [0.1, 0.15) is 11.9 Å². The van der Waals surface area contributed by atoms with Gasteiger partial charge in [0.2, 0.25) is 11.8 Å². The van der Waals surface area contributed by atoms with Crippen LogP contribution in [0, 0.1) is 5.82 Å². The molecule has 0 saturated carbocycles. The van der Waals surface area contributed by atoms with Crippen molar-refractivity contribution in [2.24, 2.45) is 0 Å². The van der Waals surface area contributed by atoms with Crippen molar-refractivity contribution in [2.45, 2.75) is 25.8 Å². The van der Waals surface area contributed by atoms with Crippen molar-refractivity contribution in [3.63, 3.8) is 0 Å². The van der Waals surface area contributed by atoms with E-state index in [4.69, 9.17) is 11.6 Å². The molecule has 27 heavy (non-hydrogen) atoms. The Bertz CT molecular complexity index is 880. The van der Waals surface area contributed by atoms with Crippen LogP contribution in [0.5, 0.6) is 0 Å². The predicted octanol–water partition coefficient (Wildman–Crippen LogP) is 4.51. The molecule has 0 unspecified atom stereocenters. The van der Waals surface area contributed by atoms with Gasteiger partial charge in [0.15, 0.2) is 0 Å². The lowest BCUT2D eigenvalue weighted by Crippen LogP contribution is -2.43. The average molecular weight is 387 g/mol. The van der Waals surface area contributed by atoms with E-state index < -0.39 is 6.04 Å². The van der Waals surface area contributed by atoms with Crippen LogP contribution in [0.2, 0.25) is 5.02 Å². The number of benzene rings is 2. The lowest BCUT2D eigenvalue weighted by molar-refractivity contribution is -0.133. The lowest BCUT2D eigenvalue weighted by atomic mass is 10.1. The first-order chi connectivity index (χ1) is 13.0. The van der Waals surface area contributed by atoms with Crippen molar-refractivity contribution in [3.8, 4) is 0 Å². The molecular weight excluding hydrogens is 367 g/mol. The molecule has 0 radical (unpaired) electrons. The van der Waals surface area contributed by atoms with Crippen molar-refractivity contribution in [3.05, 3.63) is 70.5 Å². The summed E-state index contributed by atoms with van der Waals surface area (Å²) in [6.45, 7) is 2.14. The molecule has 2 aromatic rings. The number of likely N-dealkylation sites (tertiary alicyclic amines) is 1. The van der Waals surface area contributed by atoms with Gasteiger partial charge in [0, 0.05) is 28.4 Å². The minimum absolute atomic E-state index is 0.234. The Kier molecular flexibility index (Phi) is 5.91. The summed E-state index contributed by atoms with van der Waals surface area (Å²) in [5.74, 6) is -0.878. The Morgan fingerprint density at radius 2 is 1.89 bits per heavy atom. The molecule has 1 atom stereocenters. The van der Waals surface area contributed by atoms with Gasteiger partial charge in [-0.1, -0.05) is 29.8 Å². The van der Waals surface area contributed by atoms with E-state index in [0.29, 0.717) is 34.8 Å². The number of anilines is 1. The fraction of sp³-hybridized carbons (Fsp3) is 0.238. The molecule has 6 heteroatoms. The number of carbonyl (C=O) groups excluding carboxylic acids is 2. The van der Waals surface area contributed by atoms with Crippen molar-refractivity contribution in [1.29, 1.82) is 0 Å². The number of hydrogen-bond acceptors (Lipinski definition) is 2. The maximum Gasteiger partial charge on any atom is 0.250 e. The molecule has 140 valence electrons. The van der Waals surface area contributed by atoms with Gasteiger partial charge in [0.05, 0.1) is 0 Å². The molecule has 1 N–H and O–H groups in total. The minimum Gasteiger partial charge on any atom is -0.327 e. The molecule has 0 aromatic heterocycles. The highest BCUT2D eigenvalue weighted by Crippen LogP contribution is 2.23. The molecule has 2 amide bonds. The summed E-state index contributed by atoms with van der Waals surface area (Å²) in [7, 11) is 0. The standard InChI is InChI=1S/C21H20ClFN2O2/c1-14(13-15-5-2-3-6-18(15)23)21(27)25-12-4-7-19(25)20(26)24-17-10-8-16(22)9-11-17/h2-3,5-6,8-11,13,19H,4,7,12H2,1H3,(H,24,26)/b14-13+/t19-/m0/s1. The number of nitrogens with zero attached hydrogens (tertiary/aromatic N) is 1. The lowest BCUT2D eigenvalue weighted by Gasteiger charge is -2.24. The van der Waals surface area contributed by atoms with Crippen LogP contribution in [0.3, 0.4) is 0 Å². The number of rotatable bonds is 4. The highest BCUT2D eigenvalue weighted by atomic mass is 35.5. The second kappa shape index (κ2) is 8.35. The van der Waals surface area contributed by atoms with Crippen LogP contribution < -0.4 is 5.32 Å². The zero-order chi connectivity index (χ0) is 19.4. The van der Waals surface area contributed by atoms with Gasteiger partial charge in [-0.3, -0.25) is 9.59 Å². The van der Waals surface area contributed by atoms with Crippen LogP contribution in [-0.2, 0) is 9.59 Å². The van der Waals surface area contributed by atoms with Gasteiger partial charge in [-0.15, -0.1) is 0 Å². The third-order valence-corrected chi connectivity index (χ3v) is 4.79. The molecule has 0 aliphatic carbocycles. The molecule has 1 aliphatic heterocycles. The van der Waals surface area contributed by atoms with E-state index in [2.05, 4.69) is 5.32 Å². The number of carbonyl (C=O) groups is 2. The van der Waals surface area contributed by atoms with Gasteiger partial charge in [-0.2, -0.15) is 0 Å². The summed E-state index contributed by atoms with van der Waals surface area (Å²) < 4.78 is 13.8. The topological polar surface area (TPSA) is 49.4 Å². The van der Waals surface area contributed by atoms with Crippen molar-refractivity contribution < 1.29 is 14.0 Å². The average Bonchev–Trinajstić information content (AvgIpc) is 3.14. The molecule has 4 nitrogen and oxygen atoms in total. The van der Waals surface area contributed by atoms with Gasteiger partial charge in [-0.25, -0.2) is 4.39 Å². The maximum atomic E-state index is 13.8. The van der Waals surface area contributed by atoms with E-state index in [-0.39, 0.29) is 17.6 Å². The second-order valence-corrected chi connectivity index (χ2v) is 6.94. The van der Waals surface area contributed by atoms with Crippen LogP contribution in [0.25, 0.3) is 6.08 Å². The van der Waals surface area contributed by atoms with Crippen LogP contribution in [-0.4, -0.2) is 29.3 Å². The van der Waals surface area contributed by atoms with Gasteiger partial charge >= 0.3 is 0 Å². The first-order valence-corrected chi connectivity index (χ1v) is 9.14. The fourth-order valence-electron chi connectivity index (χ4n) is 3.15. The fourth-order valence-corrected chi connectivity index (χ4v) is 3.28. The molecule has 1 heterocycles. The van der Waals surface area contributed by atoms with E-state index in [0.717, 1.165) is 6.42 Å². The Balaban J connectivity index is 1.73. The first kappa shape index (κ1) is 19.1. The summed E-state index contributed by atoms with van der Waals surface area (Å²) in [6, 6.07) is 12.5. The Labute approximate surface area is 162 Å². The zero-order valence-corrected chi connectivity index (χ0v) is 15.7. The van der Waals surface area contributed by atoms with Crippen LogP contribution in [0.15, 0.2) is 54.1 Å². The van der Waals surface area contributed by atoms with Crippen molar-refractivity contribution in [2.75, 3.05) is 11.9 Å². The number of halogens is 2. The number of hydrogen-bond donors (Lipinski definition) is 1. The van der Waals surface area contributed by atoms with Crippen LogP contribution in [0.1, 0.15) is 25.3 Å². The van der Waals surface area contributed by atoms with E-state index in [1.807, 2.05) is 0 Å². The van der Waals surface area contributed by atoms with E-state index in [1.54, 1.807) is 54.3 Å². The van der Waals surface area contributed by atoms with Crippen LogP contribution in [0.4, 0.5) is 10.1 Å². The normalized spacial score (nSPS) is 17.1. The van der Waals surface area contributed by atoms with Gasteiger partial charge in [0.25, 0.3) is 0 Å². The molecule has 1 aliphatic rings. The Morgan fingerprint density at radius 3 is 2.59 bits per heavy atom. The van der Waals surface area contributed by atoms with E-state index in [9.17, 15) is 14.0 Å². The monoisotopic (exact) mass is 386 g/mol. The minimum atomic E-state index is -0.544. The second-order valence-electron chi connectivity index (χ2n) is 6.50. The first-order valence-electron chi connectivity index (χ1n) is 8.76. The SMILES string of the molecule is C/C(=C\c1ccccc1F)C(=O)N1CCC[C@H]1C(=O)Nc1ccc(Cl)cc1. The van der Waals surface area contributed by atoms with Gasteiger partial charge in [-0.05, 0) is 56.2 Å². The molecule has 1 saturated heterocycles. The van der Waals surface area contributed by atoms with Crippen molar-refractivity contribution in [1.82, 2.24) is 4.90 Å². The largest absolute Gasteiger partial charge is 0.327 e. The Morgan fingerprint density at radius 1 is 1.19 bits per heavy atom. The third kappa shape index (κ3) is 4.55. The zero-order valence-electron chi connectivity index (χ0n) is 14.9. The number of amides is 2. The number of nitrogens with one attached hydrogen (secondary N) is 1. The smallest absolute Gasteiger partial charge is 0.250 e. The predicted molar refractivity (Wildman–Crippen MR) is 105 cm³/mol. The Hall–Kier alpha value is -2.66. The molecule has 2 aromatic carbocycles. The third-order valence-electron chi connectivity index (χ3n) is 4.54. The van der Waals surface area contributed by atoms with Gasteiger partial charge < -0.3 is 10.2 Å². The maximum absolute atomic E-state index is 13.8. The summed E-state index contributed by atoms with van der Waals surface area (Å²) in [4.78, 5) is 27.0.